The van der Waals surface area contributed by atoms with Crippen LogP contribution >= 0.6 is 23.2 Å². The van der Waals surface area contributed by atoms with E-state index in [1.165, 1.54) is 6.21 Å². The smallest absolute Gasteiger partial charge is 0.329 e. The summed E-state index contributed by atoms with van der Waals surface area (Å²) in [5.41, 5.74) is 4.20. The largest absolute Gasteiger partial charge is 0.490 e. The number of hydrazone groups is 1. The number of halogens is 2. The Bertz CT molecular complexity index is 1150. The minimum absolute atomic E-state index is 0.326. The highest BCUT2D eigenvalue weighted by molar-refractivity contribution is 6.39. The Balaban J connectivity index is 1.59. The number of hydrogen-bond acceptors (Lipinski definition) is 5. The standard InChI is InChI=1S/C24H21Cl2N3O4/c1-2-32-22-13-16(6-11-21(22)33-15-17-4-3-5-19(26)12-17)14-27-29-24(31)23(30)28-20-9-7-18(25)8-10-20/h3-14H,2,15H2,1H3,(H,28,30)(H,29,31)/b27-14+. The van der Waals surface area contributed by atoms with E-state index < -0.39 is 11.8 Å². The number of hydrogen-bond donors (Lipinski definition) is 2. The molecule has 0 saturated heterocycles. The fourth-order valence-corrected chi connectivity index (χ4v) is 3.06. The van der Waals surface area contributed by atoms with E-state index in [1.807, 2.05) is 25.1 Å². The zero-order valence-electron chi connectivity index (χ0n) is 17.7. The van der Waals surface area contributed by atoms with Crippen molar-refractivity contribution in [2.75, 3.05) is 11.9 Å². The Labute approximate surface area is 201 Å². The summed E-state index contributed by atoms with van der Waals surface area (Å²) in [6, 6.07) is 19.0. The van der Waals surface area contributed by atoms with Crippen molar-refractivity contribution < 1.29 is 19.1 Å². The molecule has 0 unspecified atom stereocenters. The highest BCUT2D eigenvalue weighted by Crippen LogP contribution is 2.29. The van der Waals surface area contributed by atoms with Crippen LogP contribution in [0.4, 0.5) is 5.69 Å². The van der Waals surface area contributed by atoms with Crippen LogP contribution < -0.4 is 20.2 Å². The van der Waals surface area contributed by atoms with E-state index in [2.05, 4.69) is 15.8 Å². The fraction of sp³-hybridized carbons (Fsp3) is 0.125. The summed E-state index contributed by atoms with van der Waals surface area (Å²) >= 11 is 11.8. The number of carbonyl (C=O) groups excluding carboxylic acids is 2. The monoisotopic (exact) mass is 485 g/mol. The molecular weight excluding hydrogens is 465 g/mol. The molecule has 2 amide bonds. The van der Waals surface area contributed by atoms with Gasteiger partial charge in [-0.05, 0) is 72.6 Å². The summed E-state index contributed by atoms with van der Waals surface area (Å²) in [5.74, 6) is -0.683. The van der Waals surface area contributed by atoms with Gasteiger partial charge in [0.05, 0.1) is 12.8 Å². The molecule has 9 heteroatoms. The number of benzene rings is 3. The highest BCUT2D eigenvalue weighted by Gasteiger charge is 2.13. The van der Waals surface area contributed by atoms with Crippen LogP contribution in [0.2, 0.25) is 10.0 Å². The van der Waals surface area contributed by atoms with Gasteiger partial charge in [0.15, 0.2) is 11.5 Å². The number of amides is 2. The maximum Gasteiger partial charge on any atom is 0.329 e. The average molecular weight is 486 g/mol. The molecule has 0 heterocycles. The maximum atomic E-state index is 12.0. The van der Waals surface area contributed by atoms with E-state index in [1.54, 1.807) is 48.5 Å². The molecule has 3 aromatic carbocycles. The van der Waals surface area contributed by atoms with E-state index in [0.29, 0.717) is 46.0 Å². The van der Waals surface area contributed by atoms with Gasteiger partial charge in [-0.2, -0.15) is 5.10 Å². The molecule has 0 atom stereocenters. The van der Waals surface area contributed by atoms with E-state index in [9.17, 15) is 9.59 Å². The second-order valence-electron chi connectivity index (χ2n) is 6.72. The van der Waals surface area contributed by atoms with Gasteiger partial charge in [-0.15, -0.1) is 0 Å². The number of ether oxygens (including phenoxy) is 2. The van der Waals surface area contributed by atoms with Gasteiger partial charge in [0.25, 0.3) is 0 Å². The molecule has 0 fully saturated rings. The quantitative estimate of drug-likeness (QED) is 0.265. The van der Waals surface area contributed by atoms with Crippen molar-refractivity contribution in [1.29, 1.82) is 0 Å². The molecule has 0 aromatic heterocycles. The zero-order valence-corrected chi connectivity index (χ0v) is 19.2. The molecule has 2 N–H and O–H groups in total. The van der Waals surface area contributed by atoms with Crippen LogP contribution in [0.1, 0.15) is 18.1 Å². The van der Waals surface area contributed by atoms with E-state index >= 15 is 0 Å². The third kappa shape index (κ3) is 7.52. The second-order valence-corrected chi connectivity index (χ2v) is 7.59. The lowest BCUT2D eigenvalue weighted by molar-refractivity contribution is -0.136. The van der Waals surface area contributed by atoms with Crippen LogP contribution in [0, 0.1) is 0 Å². The van der Waals surface area contributed by atoms with Crippen LogP contribution in [0.5, 0.6) is 11.5 Å². The van der Waals surface area contributed by atoms with Gasteiger partial charge < -0.3 is 14.8 Å². The molecule has 0 spiro atoms. The van der Waals surface area contributed by atoms with E-state index in [0.717, 1.165) is 5.56 Å². The Morgan fingerprint density at radius 2 is 1.70 bits per heavy atom. The molecule has 7 nitrogen and oxygen atoms in total. The topological polar surface area (TPSA) is 89.0 Å². The minimum atomic E-state index is -0.910. The molecule has 33 heavy (non-hydrogen) atoms. The van der Waals surface area contributed by atoms with Crippen LogP contribution in [-0.2, 0) is 16.2 Å². The Kier molecular flexibility index (Phi) is 8.69. The number of nitrogens with zero attached hydrogens (tertiary/aromatic N) is 1. The van der Waals surface area contributed by atoms with Crippen molar-refractivity contribution in [3.05, 3.63) is 87.9 Å². The van der Waals surface area contributed by atoms with Gasteiger partial charge in [0.1, 0.15) is 6.61 Å². The summed E-state index contributed by atoms with van der Waals surface area (Å²) in [5, 5.41) is 7.45. The summed E-state index contributed by atoms with van der Waals surface area (Å²) in [4.78, 5) is 23.9. The lowest BCUT2D eigenvalue weighted by atomic mass is 10.2. The summed E-state index contributed by atoms with van der Waals surface area (Å²) in [6.07, 6.45) is 1.40. The molecule has 3 rings (SSSR count). The van der Waals surface area contributed by atoms with Crippen LogP contribution in [0.15, 0.2) is 71.8 Å². The summed E-state index contributed by atoms with van der Waals surface area (Å²) in [7, 11) is 0. The predicted molar refractivity (Wildman–Crippen MR) is 129 cm³/mol. The third-order valence-electron chi connectivity index (χ3n) is 4.24. The number of anilines is 1. The lowest BCUT2D eigenvalue weighted by Crippen LogP contribution is -2.32. The van der Waals surface area contributed by atoms with Crippen LogP contribution in [0.25, 0.3) is 0 Å². The molecule has 3 aromatic rings. The predicted octanol–water partition coefficient (Wildman–Crippen LogP) is 5.06. The molecule has 0 aliphatic carbocycles. The SMILES string of the molecule is CCOc1cc(/C=N/NC(=O)C(=O)Nc2ccc(Cl)cc2)ccc1OCc1cccc(Cl)c1. The first kappa shape index (κ1) is 24.1. The van der Waals surface area contributed by atoms with Crippen molar-refractivity contribution in [3.8, 4) is 11.5 Å². The molecule has 170 valence electrons. The van der Waals surface area contributed by atoms with Crippen molar-refractivity contribution in [2.24, 2.45) is 5.10 Å². The minimum Gasteiger partial charge on any atom is -0.490 e. The zero-order chi connectivity index (χ0) is 23.6. The summed E-state index contributed by atoms with van der Waals surface area (Å²) in [6.45, 7) is 2.63. The van der Waals surface area contributed by atoms with Crippen molar-refractivity contribution in [1.82, 2.24) is 5.43 Å². The van der Waals surface area contributed by atoms with Crippen LogP contribution in [-0.4, -0.2) is 24.6 Å². The first-order chi connectivity index (χ1) is 15.9. The van der Waals surface area contributed by atoms with E-state index in [4.69, 9.17) is 32.7 Å². The Hall–Kier alpha value is -3.55. The molecule has 0 aliphatic rings. The van der Waals surface area contributed by atoms with Crippen LogP contribution in [0.3, 0.4) is 0 Å². The second kappa shape index (κ2) is 11.9. The van der Waals surface area contributed by atoms with Gasteiger partial charge in [-0.25, -0.2) is 5.43 Å². The van der Waals surface area contributed by atoms with Gasteiger partial charge in [0, 0.05) is 15.7 Å². The highest BCUT2D eigenvalue weighted by atomic mass is 35.5. The van der Waals surface area contributed by atoms with Crippen molar-refractivity contribution in [2.45, 2.75) is 13.5 Å². The van der Waals surface area contributed by atoms with Gasteiger partial charge in [-0.3, -0.25) is 9.59 Å². The average Bonchev–Trinajstić information content (AvgIpc) is 2.80. The van der Waals surface area contributed by atoms with Gasteiger partial charge in [-0.1, -0.05) is 35.3 Å². The normalized spacial score (nSPS) is 10.6. The Morgan fingerprint density at radius 3 is 2.42 bits per heavy atom. The first-order valence-corrected chi connectivity index (χ1v) is 10.7. The molecule has 0 bridgehead atoms. The maximum absolute atomic E-state index is 12.0. The first-order valence-electron chi connectivity index (χ1n) is 9.98. The number of rotatable bonds is 8. The molecule has 0 aliphatic heterocycles. The van der Waals surface area contributed by atoms with Gasteiger partial charge >= 0.3 is 11.8 Å². The fourth-order valence-electron chi connectivity index (χ4n) is 2.72. The molecule has 0 radical (unpaired) electrons. The number of carbonyl (C=O) groups is 2. The van der Waals surface area contributed by atoms with E-state index in [-0.39, 0.29) is 0 Å². The third-order valence-corrected chi connectivity index (χ3v) is 4.73. The lowest BCUT2D eigenvalue weighted by Gasteiger charge is -2.12. The molecule has 0 saturated carbocycles. The summed E-state index contributed by atoms with van der Waals surface area (Å²) < 4.78 is 11.5. The Morgan fingerprint density at radius 1 is 0.909 bits per heavy atom. The number of nitrogens with one attached hydrogen (secondary N) is 2. The molecular formula is C24H21Cl2N3O4. The van der Waals surface area contributed by atoms with Gasteiger partial charge in [0.2, 0.25) is 0 Å². The van der Waals surface area contributed by atoms with Crippen molar-refractivity contribution in [3.63, 3.8) is 0 Å². The van der Waals surface area contributed by atoms with Crippen molar-refractivity contribution >= 4 is 46.9 Å².